The number of nitrogens with zero attached hydrogens (tertiary/aromatic N) is 3. The first-order chi connectivity index (χ1) is 9.41. The zero-order chi connectivity index (χ0) is 15.2. The molecule has 0 saturated heterocycles. The zero-order valence-corrected chi connectivity index (χ0v) is 13.0. The fourth-order valence-corrected chi connectivity index (χ4v) is 2.89. The van der Waals surface area contributed by atoms with Crippen molar-refractivity contribution in [2.45, 2.75) is 26.3 Å². The molecule has 5 nitrogen and oxygen atoms in total. The van der Waals surface area contributed by atoms with E-state index in [4.69, 9.17) is 5.26 Å². The van der Waals surface area contributed by atoms with Crippen LogP contribution in [0.3, 0.4) is 0 Å². The lowest BCUT2D eigenvalue weighted by Crippen LogP contribution is -2.39. The van der Waals surface area contributed by atoms with Gasteiger partial charge in [0.25, 0.3) is 10.2 Å². The zero-order valence-electron chi connectivity index (χ0n) is 12.2. The molecule has 0 aromatic heterocycles. The molecule has 0 aliphatic rings. The van der Waals surface area contributed by atoms with E-state index in [0.29, 0.717) is 6.54 Å². The van der Waals surface area contributed by atoms with Crippen LogP contribution in [0.4, 0.5) is 0 Å². The highest BCUT2D eigenvalue weighted by Gasteiger charge is 2.23. The summed E-state index contributed by atoms with van der Waals surface area (Å²) in [7, 11) is -0.473. The molecule has 1 aromatic rings. The van der Waals surface area contributed by atoms with Crippen LogP contribution in [0, 0.1) is 11.3 Å². The van der Waals surface area contributed by atoms with Gasteiger partial charge in [0.15, 0.2) is 0 Å². The lowest BCUT2D eigenvalue weighted by atomic mass is 10.1. The maximum Gasteiger partial charge on any atom is 0.281 e. The van der Waals surface area contributed by atoms with Gasteiger partial charge in [-0.1, -0.05) is 31.2 Å². The van der Waals surface area contributed by atoms with E-state index in [1.54, 1.807) is 7.05 Å². The van der Waals surface area contributed by atoms with Crippen LogP contribution in [-0.4, -0.2) is 37.7 Å². The van der Waals surface area contributed by atoms with Gasteiger partial charge in [0.05, 0.1) is 6.07 Å². The topological polar surface area (TPSA) is 64.4 Å². The van der Waals surface area contributed by atoms with E-state index in [1.165, 1.54) is 21.2 Å². The molecule has 0 radical (unpaired) electrons. The van der Waals surface area contributed by atoms with Crippen molar-refractivity contribution < 1.29 is 8.42 Å². The van der Waals surface area contributed by atoms with E-state index in [-0.39, 0.29) is 13.0 Å². The molecule has 6 heteroatoms. The molecule has 110 valence electrons. The maximum atomic E-state index is 12.2. The molecule has 0 atom stereocenters. The minimum atomic E-state index is -3.51. The molecule has 20 heavy (non-hydrogen) atoms. The minimum absolute atomic E-state index is 0.189. The van der Waals surface area contributed by atoms with Crippen LogP contribution in [0.1, 0.15) is 24.5 Å². The monoisotopic (exact) mass is 295 g/mol. The van der Waals surface area contributed by atoms with Crippen molar-refractivity contribution in [1.82, 2.24) is 8.61 Å². The summed E-state index contributed by atoms with van der Waals surface area (Å²) in [5.74, 6) is 0. The molecule has 0 saturated carbocycles. The van der Waals surface area contributed by atoms with Crippen molar-refractivity contribution >= 4 is 10.2 Å². The first-order valence-corrected chi connectivity index (χ1v) is 7.94. The number of nitriles is 1. The third kappa shape index (κ3) is 4.30. The van der Waals surface area contributed by atoms with Gasteiger partial charge in [-0.25, -0.2) is 0 Å². The lowest BCUT2D eigenvalue weighted by Gasteiger charge is -2.23. The molecular formula is C14H21N3O2S. The number of hydrogen-bond acceptors (Lipinski definition) is 3. The Balaban J connectivity index is 2.73. The molecule has 0 unspecified atom stereocenters. The Hall–Kier alpha value is -1.42. The largest absolute Gasteiger partial charge is 0.281 e. The van der Waals surface area contributed by atoms with E-state index in [2.05, 4.69) is 6.92 Å². The fraction of sp³-hybridized carbons (Fsp3) is 0.500. The van der Waals surface area contributed by atoms with Crippen molar-refractivity contribution in [3.05, 3.63) is 35.4 Å². The van der Waals surface area contributed by atoms with Gasteiger partial charge in [-0.15, -0.1) is 0 Å². The van der Waals surface area contributed by atoms with Gasteiger partial charge in [0.1, 0.15) is 0 Å². The summed E-state index contributed by atoms with van der Waals surface area (Å²) in [5.41, 5.74) is 2.17. The first kappa shape index (κ1) is 16.6. The second-order valence-corrected chi connectivity index (χ2v) is 6.81. The van der Waals surface area contributed by atoms with Crippen LogP contribution in [0.25, 0.3) is 0 Å². The molecule has 1 aromatic carbocycles. The number of rotatable bonds is 7. The maximum absolute atomic E-state index is 12.2. The molecule has 0 bridgehead atoms. The molecule has 0 heterocycles. The average Bonchev–Trinajstić information content (AvgIpc) is 2.45. The third-order valence-corrected chi connectivity index (χ3v) is 5.05. The number of benzene rings is 1. The molecule has 0 spiro atoms. The molecule has 0 N–H and O–H groups in total. The van der Waals surface area contributed by atoms with E-state index in [9.17, 15) is 8.42 Å². The SMILES string of the molecule is CCc1ccc(CN(C)S(=O)(=O)N(C)CCC#N)cc1. The summed E-state index contributed by atoms with van der Waals surface area (Å²) < 4.78 is 26.9. The molecular weight excluding hydrogens is 274 g/mol. The van der Waals surface area contributed by atoms with Crippen molar-refractivity contribution in [2.75, 3.05) is 20.6 Å². The quantitative estimate of drug-likeness (QED) is 0.770. The van der Waals surface area contributed by atoms with Gasteiger partial charge in [-0.2, -0.15) is 22.3 Å². The van der Waals surface area contributed by atoms with Crippen molar-refractivity contribution in [3.63, 3.8) is 0 Å². The molecule has 1 rings (SSSR count). The summed E-state index contributed by atoms with van der Waals surface area (Å²) in [5, 5.41) is 8.52. The van der Waals surface area contributed by atoms with Gasteiger partial charge in [-0.3, -0.25) is 0 Å². The first-order valence-electron chi connectivity index (χ1n) is 6.54. The van der Waals surface area contributed by atoms with Gasteiger partial charge in [0, 0.05) is 33.6 Å². The summed E-state index contributed by atoms with van der Waals surface area (Å²) in [6, 6.07) is 9.85. The van der Waals surface area contributed by atoms with Crippen LogP contribution in [0.5, 0.6) is 0 Å². The second kappa shape index (κ2) is 7.39. The van der Waals surface area contributed by atoms with Crippen LogP contribution in [0.2, 0.25) is 0 Å². The molecule has 0 fully saturated rings. The van der Waals surface area contributed by atoms with Gasteiger partial charge >= 0.3 is 0 Å². The van der Waals surface area contributed by atoms with Crippen molar-refractivity contribution in [1.29, 1.82) is 5.26 Å². The molecule has 0 amide bonds. The smallest absolute Gasteiger partial charge is 0.198 e. The summed E-state index contributed by atoms with van der Waals surface area (Å²) in [6.45, 7) is 2.61. The predicted octanol–water partition coefficient (Wildman–Crippen LogP) is 1.77. The van der Waals surface area contributed by atoms with Gasteiger partial charge in [-0.05, 0) is 17.5 Å². The Kier molecular flexibility index (Phi) is 6.14. The highest BCUT2D eigenvalue weighted by atomic mass is 32.2. The van der Waals surface area contributed by atoms with Gasteiger partial charge in [0.2, 0.25) is 0 Å². The van der Waals surface area contributed by atoms with Crippen LogP contribution >= 0.6 is 0 Å². The Labute approximate surface area is 121 Å². The lowest BCUT2D eigenvalue weighted by molar-refractivity contribution is 0.392. The summed E-state index contributed by atoms with van der Waals surface area (Å²) in [6.07, 6.45) is 1.15. The standard InChI is InChI=1S/C14H21N3O2S/c1-4-13-6-8-14(9-7-13)12-17(3)20(18,19)16(2)11-5-10-15/h6-9H,4-5,11-12H2,1-3H3. The van der Waals surface area contributed by atoms with Gasteiger partial charge < -0.3 is 0 Å². The normalized spacial score (nSPS) is 11.8. The highest BCUT2D eigenvalue weighted by molar-refractivity contribution is 7.86. The Morgan fingerprint density at radius 1 is 1.10 bits per heavy atom. The fourth-order valence-electron chi connectivity index (χ4n) is 1.78. The van der Waals surface area contributed by atoms with Crippen molar-refractivity contribution in [2.24, 2.45) is 0 Å². The molecule has 0 aliphatic heterocycles. The van der Waals surface area contributed by atoms with Crippen LogP contribution in [-0.2, 0) is 23.2 Å². The summed E-state index contributed by atoms with van der Waals surface area (Å²) in [4.78, 5) is 0. The van der Waals surface area contributed by atoms with E-state index >= 15 is 0 Å². The number of hydrogen-bond donors (Lipinski definition) is 0. The van der Waals surface area contributed by atoms with Crippen molar-refractivity contribution in [3.8, 4) is 6.07 Å². The third-order valence-electron chi connectivity index (χ3n) is 3.16. The Morgan fingerprint density at radius 3 is 2.15 bits per heavy atom. The predicted molar refractivity (Wildman–Crippen MR) is 79.1 cm³/mol. The average molecular weight is 295 g/mol. The highest BCUT2D eigenvalue weighted by Crippen LogP contribution is 2.12. The second-order valence-electron chi connectivity index (χ2n) is 4.66. The summed E-state index contributed by atoms with van der Waals surface area (Å²) >= 11 is 0. The minimum Gasteiger partial charge on any atom is -0.198 e. The van der Waals surface area contributed by atoms with E-state index in [0.717, 1.165) is 12.0 Å². The molecule has 0 aliphatic carbocycles. The van der Waals surface area contributed by atoms with Crippen LogP contribution in [0.15, 0.2) is 24.3 Å². The number of aryl methyl sites for hydroxylation is 1. The Morgan fingerprint density at radius 2 is 1.65 bits per heavy atom. The Bertz CT molecular complexity index is 561. The van der Waals surface area contributed by atoms with E-state index in [1.807, 2.05) is 30.3 Å². The van der Waals surface area contributed by atoms with Crippen LogP contribution < -0.4 is 0 Å². The van der Waals surface area contributed by atoms with E-state index < -0.39 is 10.2 Å².